The second kappa shape index (κ2) is 10.9. The van der Waals surface area contributed by atoms with Gasteiger partial charge in [0.2, 0.25) is 0 Å². The third-order valence-electron chi connectivity index (χ3n) is 6.12. The van der Waals surface area contributed by atoms with Crippen molar-refractivity contribution in [2.24, 2.45) is 0 Å². The lowest BCUT2D eigenvalue weighted by Crippen LogP contribution is -2.40. The molecule has 2 N–H and O–H groups in total. The Balaban J connectivity index is 1.26. The molecule has 0 radical (unpaired) electrons. The van der Waals surface area contributed by atoms with Gasteiger partial charge in [-0.2, -0.15) is 0 Å². The molecule has 0 unspecified atom stereocenters. The van der Waals surface area contributed by atoms with Gasteiger partial charge in [0, 0.05) is 49.3 Å². The number of nitrogens with zero attached hydrogens (tertiary/aromatic N) is 3. The number of ketones is 1. The first kappa shape index (κ1) is 24.7. The van der Waals surface area contributed by atoms with Crippen molar-refractivity contribution in [2.75, 3.05) is 32.0 Å². The fourth-order valence-corrected chi connectivity index (χ4v) is 4.37. The quantitative estimate of drug-likeness (QED) is 0.351. The van der Waals surface area contributed by atoms with Crippen molar-refractivity contribution in [2.45, 2.75) is 12.8 Å². The van der Waals surface area contributed by atoms with E-state index in [1.54, 1.807) is 47.6 Å². The van der Waals surface area contributed by atoms with Crippen LogP contribution in [-0.2, 0) is 16.0 Å². The first-order valence-corrected chi connectivity index (χ1v) is 12.3. The molecular weight excluding hydrogens is 492 g/mol. The zero-order valence-corrected chi connectivity index (χ0v) is 20.8. The second-order valence-electron chi connectivity index (χ2n) is 8.74. The van der Waals surface area contributed by atoms with Crippen molar-refractivity contribution in [1.29, 1.82) is 0 Å². The number of halogens is 1. The molecule has 4 heterocycles. The highest BCUT2D eigenvalue weighted by Gasteiger charge is 2.19. The number of rotatable bonds is 7. The van der Waals surface area contributed by atoms with Crippen LogP contribution in [0.25, 0.3) is 28.3 Å². The van der Waals surface area contributed by atoms with Crippen molar-refractivity contribution < 1.29 is 18.7 Å². The van der Waals surface area contributed by atoms with Gasteiger partial charge in [-0.15, -0.1) is 0 Å². The maximum Gasteiger partial charge on any atom is 0.255 e. The molecule has 1 aliphatic rings. The van der Waals surface area contributed by atoms with E-state index in [1.807, 2.05) is 18.2 Å². The maximum absolute atomic E-state index is 12.7. The number of aryl methyl sites for hydroxylation is 1. The SMILES string of the molecule is Nc1ccc(/C=C/C(=O)CCc2cc3cc(-c4ccc(C(=O)N5CCOCC5)cn4)cc(Cl)c3o2)cn1. The van der Waals surface area contributed by atoms with Crippen LogP contribution in [0, 0.1) is 0 Å². The summed E-state index contributed by atoms with van der Waals surface area (Å²) in [6.07, 6.45) is 7.18. The molecule has 0 spiro atoms. The van der Waals surface area contributed by atoms with Gasteiger partial charge in [-0.25, -0.2) is 4.98 Å². The Morgan fingerprint density at radius 1 is 1.05 bits per heavy atom. The van der Waals surface area contributed by atoms with Crippen LogP contribution in [0.15, 0.2) is 65.4 Å². The highest BCUT2D eigenvalue weighted by atomic mass is 35.5. The molecule has 0 saturated carbocycles. The molecule has 188 valence electrons. The Morgan fingerprint density at radius 3 is 2.62 bits per heavy atom. The minimum Gasteiger partial charge on any atom is -0.459 e. The molecule has 8 nitrogen and oxygen atoms in total. The number of nitrogen functional groups attached to an aromatic ring is 1. The van der Waals surface area contributed by atoms with E-state index in [4.69, 9.17) is 26.5 Å². The molecule has 0 atom stereocenters. The number of hydrogen-bond donors (Lipinski definition) is 1. The lowest BCUT2D eigenvalue weighted by Gasteiger charge is -2.26. The third-order valence-corrected chi connectivity index (χ3v) is 6.40. The number of morpholine rings is 1. The number of pyridine rings is 2. The van der Waals surface area contributed by atoms with E-state index < -0.39 is 0 Å². The Hall–Kier alpha value is -4.01. The van der Waals surface area contributed by atoms with Crippen LogP contribution >= 0.6 is 11.6 Å². The number of allylic oxidation sites excluding steroid dienone is 1. The predicted octanol–water partition coefficient (Wildman–Crippen LogP) is 4.81. The number of anilines is 1. The summed E-state index contributed by atoms with van der Waals surface area (Å²) in [6, 6.07) is 12.7. The van der Waals surface area contributed by atoms with Gasteiger partial charge in [0.05, 0.1) is 29.5 Å². The van der Waals surface area contributed by atoms with Crippen LogP contribution in [0.4, 0.5) is 5.82 Å². The van der Waals surface area contributed by atoms with E-state index in [1.165, 1.54) is 6.08 Å². The first-order chi connectivity index (χ1) is 18.0. The number of hydrogen-bond acceptors (Lipinski definition) is 7. The number of fused-ring (bicyclic) bond motifs is 1. The molecule has 0 aliphatic carbocycles. The summed E-state index contributed by atoms with van der Waals surface area (Å²) in [5.74, 6) is 1.02. The Kier molecular flexibility index (Phi) is 7.30. The van der Waals surface area contributed by atoms with Gasteiger partial charge in [0.15, 0.2) is 11.4 Å². The van der Waals surface area contributed by atoms with Crippen LogP contribution in [-0.4, -0.2) is 52.9 Å². The number of amides is 1. The highest BCUT2D eigenvalue weighted by molar-refractivity contribution is 6.35. The normalized spacial score (nSPS) is 13.9. The van der Waals surface area contributed by atoms with Crippen molar-refractivity contribution in [3.05, 3.63) is 82.8 Å². The Bertz CT molecular complexity index is 1460. The smallest absolute Gasteiger partial charge is 0.255 e. The lowest BCUT2D eigenvalue weighted by molar-refractivity contribution is -0.114. The van der Waals surface area contributed by atoms with Gasteiger partial charge in [-0.1, -0.05) is 11.6 Å². The number of nitrogens with two attached hydrogens (primary N) is 1. The summed E-state index contributed by atoms with van der Waals surface area (Å²) in [4.78, 5) is 35.3. The van der Waals surface area contributed by atoms with Crippen LogP contribution in [0.3, 0.4) is 0 Å². The van der Waals surface area contributed by atoms with Crippen molar-refractivity contribution in [3.63, 3.8) is 0 Å². The topological polar surface area (TPSA) is 112 Å². The summed E-state index contributed by atoms with van der Waals surface area (Å²) < 4.78 is 11.2. The molecule has 37 heavy (non-hydrogen) atoms. The van der Waals surface area contributed by atoms with E-state index >= 15 is 0 Å². The van der Waals surface area contributed by atoms with Crippen molar-refractivity contribution >= 4 is 46.2 Å². The number of carbonyl (C=O) groups is 2. The molecule has 0 bridgehead atoms. The number of furan rings is 1. The Morgan fingerprint density at radius 2 is 1.89 bits per heavy atom. The molecule has 1 saturated heterocycles. The lowest BCUT2D eigenvalue weighted by atomic mass is 10.1. The van der Waals surface area contributed by atoms with Crippen LogP contribution < -0.4 is 5.73 Å². The fraction of sp³-hybridized carbons (Fsp3) is 0.214. The monoisotopic (exact) mass is 516 g/mol. The summed E-state index contributed by atoms with van der Waals surface area (Å²) in [6.45, 7) is 2.26. The van der Waals surface area contributed by atoms with Gasteiger partial charge in [0.1, 0.15) is 11.6 Å². The molecule has 1 aromatic carbocycles. The predicted molar refractivity (Wildman–Crippen MR) is 142 cm³/mol. The molecule has 1 fully saturated rings. The van der Waals surface area contributed by atoms with Crippen molar-refractivity contribution in [1.82, 2.24) is 14.9 Å². The van der Waals surface area contributed by atoms with Gasteiger partial charge < -0.3 is 19.8 Å². The number of ether oxygens (including phenoxy) is 1. The van der Waals surface area contributed by atoms with Crippen LogP contribution in [0.5, 0.6) is 0 Å². The van der Waals surface area contributed by atoms with Crippen LogP contribution in [0.2, 0.25) is 5.02 Å². The zero-order chi connectivity index (χ0) is 25.8. The Labute approximate surface area is 218 Å². The maximum atomic E-state index is 12.7. The third kappa shape index (κ3) is 5.87. The number of aromatic nitrogens is 2. The van der Waals surface area contributed by atoms with E-state index in [2.05, 4.69) is 9.97 Å². The largest absolute Gasteiger partial charge is 0.459 e. The van der Waals surface area contributed by atoms with Gasteiger partial charge in [0.25, 0.3) is 5.91 Å². The van der Waals surface area contributed by atoms with Gasteiger partial charge in [-0.05, 0) is 60.2 Å². The average molecular weight is 517 g/mol. The molecule has 4 aromatic rings. The van der Waals surface area contributed by atoms with Crippen LogP contribution in [0.1, 0.15) is 28.1 Å². The molecule has 9 heteroatoms. The minimum atomic E-state index is -0.0511. The first-order valence-electron chi connectivity index (χ1n) is 11.9. The summed E-state index contributed by atoms with van der Waals surface area (Å²) >= 11 is 6.51. The summed E-state index contributed by atoms with van der Waals surface area (Å²) in [7, 11) is 0. The summed E-state index contributed by atoms with van der Waals surface area (Å²) in [5, 5.41) is 1.28. The minimum absolute atomic E-state index is 0.0278. The molecular formula is C28H25ClN4O4. The molecule has 5 rings (SSSR count). The fourth-order valence-electron chi connectivity index (χ4n) is 4.11. The summed E-state index contributed by atoms with van der Waals surface area (Å²) in [5.41, 5.74) is 8.99. The van der Waals surface area contributed by atoms with Gasteiger partial charge in [-0.3, -0.25) is 14.6 Å². The van der Waals surface area contributed by atoms with Gasteiger partial charge >= 0.3 is 0 Å². The van der Waals surface area contributed by atoms with E-state index in [0.717, 1.165) is 16.5 Å². The van der Waals surface area contributed by atoms with E-state index in [9.17, 15) is 9.59 Å². The average Bonchev–Trinajstić information content (AvgIpc) is 3.35. The number of carbonyl (C=O) groups excluding carboxylic acids is 2. The highest BCUT2D eigenvalue weighted by Crippen LogP contribution is 2.32. The number of benzene rings is 1. The van der Waals surface area contributed by atoms with E-state index in [0.29, 0.717) is 72.6 Å². The second-order valence-corrected chi connectivity index (χ2v) is 9.15. The standard InChI is InChI=1S/C28H25ClN4O4/c29-24-15-20(25-7-3-19(17-31-25)28(35)33-9-11-36-12-10-33)13-21-14-23(37-27(21)24)6-5-22(34)4-1-18-2-8-26(30)32-16-18/h1-4,7-8,13-17H,5-6,9-12H2,(H2,30,32)/b4-1+. The molecule has 3 aromatic heterocycles. The zero-order valence-electron chi connectivity index (χ0n) is 20.0. The molecule has 1 amide bonds. The van der Waals surface area contributed by atoms with Crippen molar-refractivity contribution in [3.8, 4) is 11.3 Å². The van der Waals surface area contributed by atoms with E-state index in [-0.39, 0.29) is 11.7 Å². The molecule has 1 aliphatic heterocycles.